The molecular weight excluding hydrogens is 248 g/mol. The van der Waals surface area contributed by atoms with Crippen LogP contribution in [0.4, 0.5) is 0 Å². The van der Waals surface area contributed by atoms with Crippen LogP contribution in [0.1, 0.15) is 11.1 Å². The molecule has 0 fully saturated rings. The molecule has 20 heavy (non-hydrogen) atoms. The van der Waals surface area contributed by atoms with Gasteiger partial charge in [-0.15, -0.1) is 0 Å². The molecule has 1 aromatic heterocycles. The molecule has 0 spiro atoms. The third-order valence-corrected chi connectivity index (χ3v) is 3.62. The van der Waals surface area contributed by atoms with E-state index in [1.807, 2.05) is 18.2 Å². The summed E-state index contributed by atoms with van der Waals surface area (Å²) in [7, 11) is 1.68. The Morgan fingerprint density at radius 3 is 2.75 bits per heavy atom. The van der Waals surface area contributed by atoms with Crippen LogP contribution in [0.5, 0.6) is 5.75 Å². The fourth-order valence-corrected chi connectivity index (χ4v) is 2.60. The van der Waals surface area contributed by atoms with Gasteiger partial charge in [0.15, 0.2) is 0 Å². The van der Waals surface area contributed by atoms with Gasteiger partial charge in [-0.3, -0.25) is 0 Å². The van der Waals surface area contributed by atoms with Gasteiger partial charge in [0.2, 0.25) is 0 Å². The predicted molar refractivity (Wildman–Crippen MR) is 82.9 cm³/mol. The van der Waals surface area contributed by atoms with Crippen LogP contribution in [0.2, 0.25) is 0 Å². The number of hydrogen-bond donors (Lipinski definition) is 2. The first-order valence-electron chi connectivity index (χ1n) is 6.68. The van der Waals surface area contributed by atoms with E-state index in [0.29, 0.717) is 6.54 Å². The number of aromatic amines is 1. The van der Waals surface area contributed by atoms with Crippen molar-refractivity contribution < 1.29 is 4.74 Å². The maximum Gasteiger partial charge on any atom is 0.119 e. The second-order valence-corrected chi connectivity index (χ2v) is 4.96. The quantitative estimate of drug-likeness (QED) is 0.761. The van der Waals surface area contributed by atoms with Gasteiger partial charge in [0.25, 0.3) is 0 Å². The lowest BCUT2D eigenvalue weighted by Gasteiger charge is -2.05. The first-order valence-corrected chi connectivity index (χ1v) is 6.68. The maximum absolute atomic E-state index is 5.97. The molecule has 0 aliphatic rings. The second-order valence-electron chi connectivity index (χ2n) is 4.96. The Kier molecular flexibility index (Phi) is 3.20. The Morgan fingerprint density at radius 2 is 2.00 bits per heavy atom. The summed E-state index contributed by atoms with van der Waals surface area (Å²) in [5.41, 5.74) is 11.6. The van der Waals surface area contributed by atoms with Crippen molar-refractivity contribution in [1.82, 2.24) is 4.98 Å². The normalized spacial score (nSPS) is 10.9. The number of ether oxygens (including phenoxy) is 1. The number of nitrogens with one attached hydrogen (secondary N) is 1. The van der Waals surface area contributed by atoms with Crippen molar-refractivity contribution in [2.45, 2.75) is 13.5 Å². The number of nitrogens with two attached hydrogens (primary N) is 1. The van der Waals surface area contributed by atoms with E-state index in [0.717, 1.165) is 28.1 Å². The van der Waals surface area contributed by atoms with E-state index >= 15 is 0 Å². The third-order valence-electron chi connectivity index (χ3n) is 3.62. The fraction of sp³-hybridized carbons (Fsp3) is 0.176. The molecule has 0 bridgehead atoms. The van der Waals surface area contributed by atoms with Crippen molar-refractivity contribution in [2.24, 2.45) is 5.73 Å². The van der Waals surface area contributed by atoms with Crippen molar-refractivity contribution in [3.63, 3.8) is 0 Å². The van der Waals surface area contributed by atoms with E-state index in [2.05, 4.69) is 36.2 Å². The second kappa shape index (κ2) is 5.02. The Hall–Kier alpha value is -2.26. The van der Waals surface area contributed by atoms with Crippen LogP contribution in [0.3, 0.4) is 0 Å². The number of hydrogen-bond acceptors (Lipinski definition) is 2. The zero-order valence-electron chi connectivity index (χ0n) is 11.7. The number of aryl methyl sites for hydroxylation is 1. The summed E-state index contributed by atoms with van der Waals surface area (Å²) < 4.78 is 5.30. The van der Waals surface area contributed by atoms with Crippen LogP contribution in [-0.2, 0) is 6.54 Å². The maximum atomic E-state index is 5.97. The Morgan fingerprint density at radius 1 is 1.15 bits per heavy atom. The highest BCUT2D eigenvalue weighted by Crippen LogP contribution is 2.32. The van der Waals surface area contributed by atoms with Crippen LogP contribution in [0.25, 0.3) is 22.2 Å². The van der Waals surface area contributed by atoms with E-state index in [1.165, 1.54) is 10.9 Å². The number of methoxy groups -OCH3 is 1. The fourth-order valence-electron chi connectivity index (χ4n) is 2.60. The van der Waals surface area contributed by atoms with Gasteiger partial charge < -0.3 is 15.5 Å². The molecule has 0 saturated heterocycles. The summed E-state index contributed by atoms with van der Waals surface area (Å²) in [6.07, 6.45) is 0. The minimum atomic E-state index is 0.510. The Bertz CT molecular complexity index is 759. The largest absolute Gasteiger partial charge is 0.497 e. The molecule has 2 aromatic carbocycles. The molecule has 3 aromatic rings. The van der Waals surface area contributed by atoms with Gasteiger partial charge in [0, 0.05) is 23.0 Å². The van der Waals surface area contributed by atoms with Gasteiger partial charge in [0.05, 0.1) is 12.8 Å². The Labute approximate surface area is 118 Å². The molecule has 0 amide bonds. The molecule has 0 radical (unpaired) electrons. The zero-order chi connectivity index (χ0) is 14.1. The van der Waals surface area contributed by atoms with Crippen LogP contribution in [0.15, 0.2) is 42.5 Å². The predicted octanol–water partition coefficient (Wildman–Crippen LogP) is 3.61. The summed E-state index contributed by atoms with van der Waals surface area (Å²) in [6, 6.07) is 14.4. The van der Waals surface area contributed by atoms with Crippen molar-refractivity contribution in [3.05, 3.63) is 53.6 Å². The highest BCUT2D eigenvalue weighted by Gasteiger charge is 2.12. The van der Waals surface area contributed by atoms with E-state index in [4.69, 9.17) is 10.5 Å². The number of fused-ring (bicyclic) bond motifs is 1. The highest BCUT2D eigenvalue weighted by molar-refractivity contribution is 5.91. The monoisotopic (exact) mass is 266 g/mol. The van der Waals surface area contributed by atoms with E-state index in [1.54, 1.807) is 7.11 Å². The molecule has 0 saturated carbocycles. The summed E-state index contributed by atoms with van der Waals surface area (Å²) in [5, 5.41) is 1.20. The number of benzene rings is 2. The first kappa shape index (κ1) is 12.8. The number of H-pyrrole nitrogens is 1. The standard InChI is InChI=1S/C17H18N2O/c1-11-6-7-16-14(8-11)15(10-18)17(19-16)12-4-3-5-13(9-12)20-2/h3-9,19H,10,18H2,1-2H3. The van der Waals surface area contributed by atoms with Gasteiger partial charge in [-0.05, 0) is 36.8 Å². The molecule has 0 aliphatic heterocycles. The van der Waals surface area contributed by atoms with Gasteiger partial charge in [-0.25, -0.2) is 0 Å². The van der Waals surface area contributed by atoms with Crippen molar-refractivity contribution in [1.29, 1.82) is 0 Å². The van der Waals surface area contributed by atoms with E-state index in [-0.39, 0.29) is 0 Å². The van der Waals surface area contributed by atoms with Crippen molar-refractivity contribution in [2.75, 3.05) is 7.11 Å². The molecule has 0 aliphatic carbocycles. The van der Waals surface area contributed by atoms with Crippen molar-refractivity contribution in [3.8, 4) is 17.0 Å². The van der Waals surface area contributed by atoms with E-state index < -0.39 is 0 Å². The Balaban J connectivity index is 2.24. The molecule has 102 valence electrons. The first-order chi connectivity index (χ1) is 9.72. The lowest BCUT2D eigenvalue weighted by Crippen LogP contribution is -1.97. The van der Waals surface area contributed by atoms with Crippen molar-refractivity contribution >= 4 is 10.9 Å². The number of aromatic nitrogens is 1. The molecular formula is C17H18N2O. The average Bonchev–Trinajstić information content (AvgIpc) is 2.85. The molecule has 1 heterocycles. The molecule has 3 nitrogen and oxygen atoms in total. The molecule has 0 unspecified atom stereocenters. The van der Waals surface area contributed by atoms with Gasteiger partial charge in [-0.1, -0.05) is 23.8 Å². The minimum absolute atomic E-state index is 0.510. The molecule has 3 rings (SSSR count). The highest BCUT2D eigenvalue weighted by atomic mass is 16.5. The minimum Gasteiger partial charge on any atom is -0.497 e. The zero-order valence-corrected chi connectivity index (χ0v) is 11.7. The summed E-state index contributed by atoms with van der Waals surface area (Å²) in [4.78, 5) is 3.47. The van der Waals surface area contributed by atoms with Gasteiger partial charge >= 0.3 is 0 Å². The van der Waals surface area contributed by atoms with Gasteiger partial charge in [-0.2, -0.15) is 0 Å². The lowest BCUT2D eigenvalue weighted by molar-refractivity contribution is 0.415. The molecule has 3 N–H and O–H groups in total. The third kappa shape index (κ3) is 2.06. The molecule has 0 atom stereocenters. The van der Waals surface area contributed by atoms with E-state index in [9.17, 15) is 0 Å². The number of rotatable bonds is 3. The molecule has 3 heteroatoms. The lowest BCUT2D eigenvalue weighted by atomic mass is 10.0. The summed E-state index contributed by atoms with van der Waals surface area (Å²) in [5.74, 6) is 0.848. The van der Waals surface area contributed by atoms with Crippen LogP contribution in [0, 0.1) is 6.92 Å². The van der Waals surface area contributed by atoms with Crippen LogP contribution < -0.4 is 10.5 Å². The summed E-state index contributed by atoms with van der Waals surface area (Å²) in [6.45, 7) is 2.61. The smallest absolute Gasteiger partial charge is 0.119 e. The van der Waals surface area contributed by atoms with Gasteiger partial charge in [0.1, 0.15) is 5.75 Å². The average molecular weight is 266 g/mol. The van der Waals surface area contributed by atoms with Crippen LogP contribution in [-0.4, -0.2) is 12.1 Å². The van der Waals surface area contributed by atoms with Crippen LogP contribution >= 0.6 is 0 Å². The SMILES string of the molecule is COc1cccc(-c2[nH]c3ccc(C)cc3c2CN)c1. The summed E-state index contributed by atoms with van der Waals surface area (Å²) >= 11 is 0. The topological polar surface area (TPSA) is 51.0 Å².